The highest BCUT2D eigenvalue weighted by Gasteiger charge is 2.12. The molecule has 0 saturated heterocycles. The summed E-state index contributed by atoms with van der Waals surface area (Å²) in [5, 5.41) is 0. The van der Waals surface area contributed by atoms with Gasteiger partial charge in [0.25, 0.3) is 6.47 Å². The highest BCUT2D eigenvalue weighted by Crippen LogP contribution is 2.23. The van der Waals surface area contributed by atoms with Crippen molar-refractivity contribution in [1.29, 1.82) is 0 Å². The number of hydrogen-bond donors (Lipinski definition) is 0. The molecule has 1 fully saturated rings. The van der Waals surface area contributed by atoms with E-state index >= 15 is 0 Å². The molecule has 0 atom stereocenters. The van der Waals surface area contributed by atoms with Crippen LogP contribution in [0.1, 0.15) is 32.6 Å². The van der Waals surface area contributed by atoms with Crippen molar-refractivity contribution in [3.8, 4) is 0 Å². The van der Waals surface area contributed by atoms with Crippen LogP contribution in [0.15, 0.2) is 12.2 Å². The molecule has 1 saturated carbocycles. The molecule has 2 nitrogen and oxygen atoms in total. The summed E-state index contributed by atoms with van der Waals surface area (Å²) in [6, 6.07) is 0. The summed E-state index contributed by atoms with van der Waals surface area (Å²) in [5.74, 6) is 0. The van der Waals surface area contributed by atoms with Crippen LogP contribution in [-0.4, -0.2) is 19.3 Å². The van der Waals surface area contributed by atoms with E-state index in [2.05, 4.69) is 11.3 Å². The molecule has 0 aromatic rings. The number of halogens is 1. The fraction of sp³-hybridized carbons (Fsp3) is 0.700. The smallest absolute Gasteiger partial charge is 0.293 e. The molecule has 0 aromatic heterocycles. The van der Waals surface area contributed by atoms with Crippen LogP contribution in [0.4, 0.5) is 4.39 Å². The Kier molecular flexibility index (Phi) is 7.26. The largest absolute Gasteiger partial charge is 0.468 e. The highest BCUT2D eigenvalue weighted by molar-refractivity contribution is 5.36. The summed E-state index contributed by atoms with van der Waals surface area (Å²) < 4.78 is 16.5. The summed E-state index contributed by atoms with van der Waals surface area (Å²) in [6.07, 6.45) is 2.68. The van der Waals surface area contributed by atoms with Crippen LogP contribution in [-0.2, 0) is 9.53 Å². The lowest BCUT2D eigenvalue weighted by atomic mass is 9.95. The number of hydrogen-bond acceptors (Lipinski definition) is 2. The van der Waals surface area contributed by atoms with E-state index < -0.39 is 6.17 Å². The summed E-state index contributed by atoms with van der Waals surface area (Å²) in [5.41, 5.74) is 1.22. The first kappa shape index (κ1) is 12.1. The van der Waals surface area contributed by atoms with E-state index in [1.807, 2.05) is 0 Å². The molecule has 0 bridgehead atoms. The molecule has 0 aromatic carbocycles. The van der Waals surface area contributed by atoms with Crippen molar-refractivity contribution in [3.63, 3.8) is 0 Å². The number of carbonyl (C=O) groups excluding carboxylic acids is 1. The molecule has 0 N–H and O–H groups in total. The predicted octanol–water partition coefficient (Wildman–Crippen LogP) is 2.63. The highest BCUT2D eigenvalue weighted by atomic mass is 19.1. The predicted molar refractivity (Wildman–Crippen MR) is 50.2 cm³/mol. The zero-order chi connectivity index (χ0) is 10.1. The second-order valence-electron chi connectivity index (χ2n) is 2.98. The fourth-order valence-electron chi connectivity index (χ4n) is 1.06. The fourth-order valence-corrected chi connectivity index (χ4v) is 1.06. The van der Waals surface area contributed by atoms with Gasteiger partial charge in [-0.25, -0.2) is 4.39 Å². The van der Waals surface area contributed by atoms with E-state index in [0.29, 0.717) is 25.9 Å². The maximum atomic E-state index is 12.3. The lowest BCUT2D eigenvalue weighted by Crippen LogP contribution is -2.06. The van der Waals surface area contributed by atoms with Crippen molar-refractivity contribution in [2.75, 3.05) is 6.61 Å². The third-order valence-corrected chi connectivity index (χ3v) is 1.86. The molecule has 76 valence electrons. The quantitative estimate of drug-likeness (QED) is 0.492. The second-order valence-corrected chi connectivity index (χ2v) is 2.98. The molecule has 0 amide bonds. The molecule has 13 heavy (non-hydrogen) atoms. The Morgan fingerprint density at radius 1 is 1.62 bits per heavy atom. The van der Waals surface area contributed by atoms with Crippen molar-refractivity contribution in [2.45, 2.75) is 38.8 Å². The molecule has 0 radical (unpaired) electrons. The van der Waals surface area contributed by atoms with Crippen molar-refractivity contribution in [3.05, 3.63) is 12.2 Å². The average Bonchev–Trinajstić information content (AvgIpc) is 2.13. The zero-order valence-electron chi connectivity index (χ0n) is 8.09. The Morgan fingerprint density at radius 2 is 2.15 bits per heavy atom. The first-order chi connectivity index (χ1) is 6.20. The summed E-state index contributed by atoms with van der Waals surface area (Å²) in [7, 11) is 0. The van der Waals surface area contributed by atoms with Gasteiger partial charge >= 0.3 is 0 Å². The van der Waals surface area contributed by atoms with Gasteiger partial charge in [0.1, 0.15) is 6.17 Å². The third-order valence-electron chi connectivity index (χ3n) is 1.86. The average molecular weight is 188 g/mol. The molecule has 1 aliphatic carbocycles. The minimum absolute atomic E-state index is 0.431. The molecular formula is C10H17FO2. The van der Waals surface area contributed by atoms with Crippen LogP contribution in [0.25, 0.3) is 0 Å². The second kappa shape index (κ2) is 7.77. The maximum Gasteiger partial charge on any atom is 0.293 e. The Balaban J connectivity index is 0.000000252. The van der Waals surface area contributed by atoms with Crippen molar-refractivity contribution in [1.82, 2.24) is 0 Å². The molecule has 0 unspecified atom stereocenters. The lowest BCUT2D eigenvalue weighted by Gasteiger charge is -2.15. The van der Waals surface area contributed by atoms with Gasteiger partial charge in [-0.15, -0.1) is 0 Å². The Morgan fingerprint density at radius 3 is 2.38 bits per heavy atom. The first-order valence-electron chi connectivity index (χ1n) is 4.56. The van der Waals surface area contributed by atoms with Crippen LogP contribution >= 0.6 is 0 Å². The van der Waals surface area contributed by atoms with E-state index in [9.17, 15) is 9.18 Å². The van der Waals surface area contributed by atoms with Crippen LogP contribution in [0.3, 0.4) is 0 Å². The van der Waals surface area contributed by atoms with Crippen molar-refractivity contribution < 1.29 is 13.9 Å². The topological polar surface area (TPSA) is 26.3 Å². The van der Waals surface area contributed by atoms with Gasteiger partial charge in [0.2, 0.25) is 0 Å². The van der Waals surface area contributed by atoms with Crippen LogP contribution in [0.2, 0.25) is 0 Å². The van der Waals surface area contributed by atoms with E-state index in [-0.39, 0.29) is 0 Å². The van der Waals surface area contributed by atoms with Gasteiger partial charge in [-0.05, 0) is 32.6 Å². The van der Waals surface area contributed by atoms with E-state index in [4.69, 9.17) is 0 Å². The zero-order valence-corrected chi connectivity index (χ0v) is 8.09. The summed E-state index contributed by atoms with van der Waals surface area (Å²) >= 11 is 0. The Labute approximate surface area is 78.8 Å². The third kappa shape index (κ3) is 7.50. The number of alkyl halides is 1. The molecule has 0 aliphatic heterocycles. The number of rotatable bonds is 2. The van der Waals surface area contributed by atoms with E-state index in [1.165, 1.54) is 5.57 Å². The van der Waals surface area contributed by atoms with Crippen LogP contribution in [0, 0.1) is 0 Å². The normalized spacial score (nSPS) is 17.2. The minimum atomic E-state index is -0.541. The monoisotopic (exact) mass is 188 g/mol. The molecule has 0 spiro atoms. The molecular weight excluding hydrogens is 171 g/mol. The van der Waals surface area contributed by atoms with Gasteiger partial charge in [-0.2, -0.15) is 0 Å². The van der Waals surface area contributed by atoms with Gasteiger partial charge < -0.3 is 4.74 Å². The SMILES string of the molecule is C=C1CCC(F)CC1.CCOC=O. The summed E-state index contributed by atoms with van der Waals surface area (Å²) in [4.78, 5) is 9.18. The van der Waals surface area contributed by atoms with E-state index in [1.54, 1.807) is 6.92 Å². The van der Waals surface area contributed by atoms with Crippen molar-refractivity contribution >= 4 is 6.47 Å². The Bertz CT molecular complexity index is 147. The molecule has 0 heterocycles. The van der Waals surface area contributed by atoms with Crippen LogP contribution < -0.4 is 0 Å². The van der Waals surface area contributed by atoms with Gasteiger partial charge in [-0.3, -0.25) is 4.79 Å². The minimum Gasteiger partial charge on any atom is -0.468 e. The van der Waals surface area contributed by atoms with Gasteiger partial charge in [0, 0.05) is 0 Å². The molecule has 1 aliphatic rings. The number of allylic oxidation sites excluding steroid dienone is 1. The Hall–Kier alpha value is -0.860. The van der Waals surface area contributed by atoms with Gasteiger partial charge in [0.05, 0.1) is 6.61 Å². The standard InChI is InChI=1S/C7H11F.C3H6O2/c1-6-2-4-7(8)5-3-6;1-2-5-3-4/h7H,1-5H2;3H,2H2,1H3. The number of ether oxygens (including phenoxy) is 1. The lowest BCUT2D eigenvalue weighted by molar-refractivity contribution is -0.128. The van der Waals surface area contributed by atoms with Gasteiger partial charge in [0.15, 0.2) is 0 Å². The maximum absolute atomic E-state index is 12.3. The van der Waals surface area contributed by atoms with Crippen molar-refractivity contribution in [2.24, 2.45) is 0 Å². The molecule has 1 rings (SSSR count). The van der Waals surface area contributed by atoms with Crippen LogP contribution in [0.5, 0.6) is 0 Å². The number of carbonyl (C=O) groups is 1. The molecule has 3 heteroatoms. The van der Waals surface area contributed by atoms with Gasteiger partial charge in [-0.1, -0.05) is 12.2 Å². The van der Waals surface area contributed by atoms with E-state index in [0.717, 1.165) is 12.8 Å². The first-order valence-corrected chi connectivity index (χ1v) is 4.56. The summed E-state index contributed by atoms with van der Waals surface area (Å²) in [6.45, 7) is 6.45.